The minimum atomic E-state index is -2.78. The van der Waals surface area contributed by atoms with Crippen LogP contribution in [0, 0.1) is 0 Å². The second-order valence-corrected chi connectivity index (χ2v) is 7.55. The van der Waals surface area contributed by atoms with Crippen LogP contribution in [0.1, 0.15) is 32.6 Å². The predicted octanol–water partition coefficient (Wildman–Crippen LogP) is 0.638. The van der Waals surface area contributed by atoms with E-state index < -0.39 is 9.84 Å². The fourth-order valence-corrected chi connectivity index (χ4v) is 4.66. The average Bonchev–Trinajstić information content (AvgIpc) is 2.52. The van der Waals surface area contributed by atoms with E-state index in [2.05, 4.69) is 17.1 Å². The minimum absolute atomic E-state index is 0.266. The maximum atomic E-state index is 11.7. The van der Waals surface area contributed by atoms with E-state index in [4.69, 9.17) is 0 Å². The topological polar surface area (TPSA) is 49.4 Å². The van der Waals surface area contributed by atoms with Crippen LogP contribution in [0.25, 0.3) is 0 Å². The minimum Gasteiger partial charge on any atom is -0.313 e. The lowest BCUT2D eigenvalue weighted by Gasteiger charge is -2.34. The van der Waals surface area contributed by atoms with Crippen molar-refractivity contribution in [3.8, 4) is 0 Å². The maximum Gasteiger partial charge on any atom is 0.151 e. The Kier molecular flexibility index (Phi) is 4.44. The maximum absolute atomic E-state index is 11.7. The normalized spacial score (nSPS) is 35.4. The lowest BCUT2D eigenvalue weighted by Crippen LogP contribution is -2.47. The van der Waals surface area contributed by atoms with Crippen LogP contribution >= 0.6 is 0 Å². The summed E-state index contributed by atoms with van der Waals surface area (Å²) in [5.41, 5.74) is 0. The standard InChI is InChI=1S/C12H24N2O2S/c1-2-11-9-14(7-4-6-13-11)12-5-3-8-17(15,16)10-12/h11-13H,2-10H2,1H3. The molecule has 0 amide bonds. The molecule has 0 saturated carbocycles. The van der Waals surface area contributed by atoms with E-state index >= 15 is 0 Å². The Bertz CT molecular complexity index is 342. The van der Waals surface area contributed by atoms with Gasteiger partial charge in [-0.2, -0.15) is 0 Å². The quantitative estimate of drug-likeness (QED) is 0.791. The molecule has 2 atom stereocenters. The number of hydrogen-bond donors (Lipinski definition) is 1. The summed E-state index contributed by atoms with van der Waals surface area (Å²) in [6, 6.07) is 0.796. The molecule has 0 aromatic carbocycles. The van der Waals surface area contributed by atoms with Crippen molar-refractivity contribution in [3.63, 3.8) is 0 Å². The van der Waals surface area contributed by atoms with Crippen LogP contribution in [-0.2, 0) is 9.84 Å². The molecule has 100 valence electrons. The molecule has 0 bridgehead atoms. The van der Waals surface area contributed by atoms with Crippen molar-refractivity contribution in [2.45, 2.75) is 44.7 Å². The number of nitrogens with one attached hydrogen (secondary N) is 1. The first kappa shape index (κ1) is 13.3. The summed E-state index contributed by atoms with van der Waals surface area (Å²) < 4.78 is 23.4. The zero-order valence-corrected chi connectivity index (χ0v) is 11.5. The molecule has 0 radical (unpaired) electrons. The van der Waals surface area contributed by atoms with E-state index in [0.29, 0.717) is 17.5 Å². The fourth-order valence-electron chi connectivity index (χ4n) is 2.92. The van der Waals surface area contributed by atoms with E-state index in [0.717, 1.165) is 45.3 Å². The van der Waals surface area contributed by atoms with Crippen molar-refractivity contribution >= 4 is 9.84 Å². The van der Waals surface area contributed by atoms with Crippen LogP contribution < -0.4 is 5.32 Å². The van der Waals surface area contributed by atoms with Crippen LogP contribution in [0.5, 0.6) is 0 Å². The average molecular weight is 260 g/mol. The third-order valence-electron chi connectivity index (χ3n) is 3.96. The van der Waals surface area contributed by atoms with Crippen molar-refractivity contribution < 1.29 is 8.42 Å². The molecule has 2 fully saturated rings. The first-order valence-electron chi connectivity index (χ1n) is 6.78. The summed E-state index contributed by atoms with van der Waals surface area (Å²) in [7, 11) is -2.78. The van der Waals surface area contributed by atoms with E-state index in [1.807, 2.05) is 0 Å². The van der Waals surface area contributed by atoms with Gasteiger partial charge >= 0.3 is 0 Å². The first-order valence-corrected chi connectivity index (χ1v) is 8.61. The van der Waals surface area contributed by atoms with Gasteiger partial charge in [0.25, 0.3) is 0 Å². The van der Waals surface area contributed by atoms with Crippen LogP contribution in [0.4, 0.5) is 0 Å². The second-order valence-electron chi connectivity index (χ2n) is 5.32. The Balaban J connectivity index is 1.99. The molecule has 0 aromatic heterocycles. The number of rotatable bonds is 2. The Morgan fingerprint density at radius 3 is 2.88 bits per heavy atom. The summed E-state index contributed by atoms with van der Waals surface area (Å²) >= 11 is 0. The molecule has 4 nitrogen and oxygen atoms in total. The van der Waals surface area contributed by atoms with Gasteiger partial charge in [-0.25, -0.2) is 8.42 Å². The molecule has 2 unspecified atom stereocenters. The SMILES string of the molecule is CCC1CN(C2CCCS(=O)(=O)C2)CCCN1. The third-order valence-corrected chi connectivity index (χ3v) is 5.76. The molecule has 2 rings (SSSR count). The zero-order chi connectivity index (χ0) is 12.3. The third kappa shape index (κ3) is 3.66. The van der Waals surface area contributed by atoms with Crippen molar-refractivity contribution in [3.05, 3.63) is 0 Å². The zero-order valence-electron chi connectivity index (χ0n) is 10.7. The van der Waals surface area contributed by atoms with Crippen molar-refractivity contribution in [1.82, 2.24) is 10.2 Å². The number of nitrogens with zero attached hydrogens (tertiary/aromatic N) is 1. The number of hydrogen-bond acceptors (Lipinski definition) is 4. The Hall–Kier alpha value is -0.130. The van der Waals surface area contributed by atoms with Gasteiger partial charge in [0, 0.05) is 18.6 Å². The highest BCUT2D eigenvalue weighted by atomic mass is 32.2. The van der Waals surface area contributed by atoms with Crippen LogP contribution in [0.3, 0.4) is 0 Å². The van der Waals surface area contributed by atoms with Gasteiger partial charge in [0.15, 0.2) is 9.84 Å². The second kappa shape index (κ2) is 5.67. The molecule has 2 aliphatic rings. The highest BCUT2D eigenvalue weighted by Crippen LogP contribution is 2.19. The van der Waals surface area contributed by atoms with Gasteiger partial charge in [0.1, 0.15) is 0 Å². The van der Waals surface area contributed by atoms with E-state index in [1.165, 1.54) is 0 Å². The summed E-state index contributed by atoms with van der Waals surface area (Å²) in [5.74, 6) is 0.774. The summed E-state index contributed by atoms with van der Waals surface area (Å²) in [5, 5.41) is 3.53. The largest absolute Gasteiger partial charge is 0.313 e. The summed E-state index contributed by atoms with van der Waals surface area (Å²) in [6.45, 7) is 5.31. The van der Waals surface area contributed by atoms with Crippen LogP contribution in [0.15, 0.2) is 0 Å². The molecular formula is C12H24N2O2S. The lowest BCUT2D eigenvalue weighted by atomic mass is 10.1. The Labute approximate surface area is 105 Å². The molecule has 0 spiro atoms. The Morgan fingerprint density at radius 1 is 1.35 bits per heavy atom. The molecular weight excluding hydrogens is 236 g/mol. The first-order chi connectivity index (χ1) is 8.11. The van der Waals surface area contributed by atoms with E-state index in [-0.39, 0.29) is 6.04 Å². The highest BCUT2D eigenvalue weighted by molar-refractivity contribution is 7.91. The van der Waals surface area contributed by atoms with Crippen LogP contribution in [0.2, 0.25) is 0 Å². The monoisotopic (exact) mass is 260 g/mol. The lowest BCUT2D eigenvalue weighted by molar-refractivity contribution is 0.192. The van der Waals surface area contributed by atoms with Crippen molar-refractivity contribution in [2.24, 2.45) is 0 Å². The molecule has 2 aliphatic heterocycles. The molecule has 2 saturated heterocycles. The molecule has 2 heterocycles. The van der Waals surface area contributed by atoms with Gasteiger partial charge in [-0.3, -0.25) is 4.90 Å². The van der Waals surface area contributed by atoms with Gasteiger partial charge in [-0.05, 0) is 38.8 Å². The number of sulfone groups is 1. The molecule has 0 aromatic rings. The fraction of sp³-hybridized carbons (Fsp3) is 1.00. The summed E-state index contributed by atoms with van der Waals surface area (Å²) in [4.78, 5) is 2.41. The smallest absolute Gasteiger partial charge is 0.151 e. The van der Waals surface area contributed by atoms with E-state index in [1.54, 1.807) is 0 Å². The van der Waals surface area contributed by atoms with E-state index in [9.17, 15) is 8.42 Å². The van der Waals surface area contributed by atoms with Gasteiger partial charge in [0.2, 0.25) is 0 Å². The molecule has 17 heavy (non-hydrogen) atoms. The highest BCUT2D eigenvalue weighted by Gasteiger charge is 2.30. The van der Waals surface area contributed by atoms with Crippen LogP contribution in [-0.4, -0.2) is 56.5 Å². The molecule has 5 heteroatoms. The van der Waals surface area contributed by atoms with Crippen molar-refractivity contribution in [1.29, 1.82) is 0 Å². The van der Waals surface area contributed by atoms with Gasteiger partial charge in [-0.1, -0.05) is 6.92 Å². The Morgan fingerprint density at radius 2 is 2.18 bits per heavy atom. The van der Waals surface area contributed by atoms with Crippen molar-refractivity contribution in [2.75, 3.05) is 31.1 Å². The van der Waals surface area contributed by atoms with Gasteiger partial charge in [0.05, 0.1) is 11.5 Å². The van der Waals surface area contributed by atoms with Gasteiger partial charge < -0.3 is 5.32 Å². The predicted molar refractivity (Wildman–Crippen MR) is 69.9 cm³/mol. The summed E-state index contributed by atoms with van der Waals surface area (Å²) in [6.07, 6.45) is 4.15. The molecule has 1 N–H and O–H groups in total. The molecule has 0 aliphatic carbocycles. The van der Waals surface area contributed by atoms with Gasteiger partial charge in [-0.15, -0.1) is 0 Å².